The summed E-state index contributed by atoms with van der Waals surface area (Å²) in [7, 11) is -3.98. The largest absolute Gasteiger partial charge is 0.355 e. The summed E-state index contributed by atoms with van der Waals surface area (Å²) in [6.45, 7) is 2.23. The first kappa shape index (κ1) is 27.9. The van der Waals surface area contributed by atoms with Gasteiger partial charge in [-0.1, -0.05) is 84.0 Å². The maximum atomic E-state index is 11.4. The summed E-state index contributed by atoms with van der Waals surface area (Å²) >= 11 is 0. The Morgan fingerprint density at radius 2 is 1.20 bits per heavy atom. The summed E-state index contributed by atoms with van der Waals surface area (Å²) < 4.78 is 29.6. The van der Waals surface area contributed by atoms with Gasteiger partial charge < -0.3 is 5.32 Å². The van der Waals surface area contributed by atoms with Crippen LogP contribution < -0.4 is 5.32 Å². The second-order valence-corrected chi connectivity index (χ2v) is 8.20. The van der Waals surface area contributed by atoms with E-state index < -0.39 is 15.9 Å². The van der Waals surface area contributed by atoms with Crippen LogP contribution in [-0.2, 0) is 14.9 Å². The average Bonchev–Trinajstić information content (AvgIpc) is 2.50. The van der Waals surface area contributed by atoms with Crippen molar-refractivity contribution >= 4 is 53.8 Å². The van der Waals surface area contributed by atoms with Crippen molar-refractivity contribution in [2.24, 2.45) is 0 Å². The monoisotopic (exact) mass is 403 g/mol. The van der Waals surface area contributed by atoms with Gasteiger partial charge in [-0.15, -0.1) is 0 Å². The Balaban J connectivity index is 0. The van der Waals surface area contributed by atoms with Crippen LogP contribution in [0.25, 0.3) is 0 Å². The van der Waals surface area contributed by atoms with Gasteiger partial charge in [-0.25, -0.2) is 0 Å². The summed E-state index contributed by atoms with van der Waals surface area (Å²) in [6.07, 6.45) is 16.9. The van der Waals surface area contributed by atoms with Crippen LogP contribution in [0.3, 0.4) is 0 Å². The summed E-state index contributed by atoms with van der Waals surface area (Å²) in [6, 6.07) is 0. The van der Waals surface area contributed by atoms with E-state index in [1.165, 1.54) is 64.2 Å². The standard InChI is InChI=1S/C18H37NO4S.Ca/c1-2-3-4-5-6-7-8-9-10-11-12-13-14-15-18(20)19-16-17-24(21,22)23;/h2-17H2,1H3,(H,19,20)(H,21,22,23);. The molecule has 25 heavy (non-hydrogen) atoms. The van der Waals surface area contributed by atoms with E-state index in [0.29, 0.717) is 6.42 Å². The maximum absolute atomic E-state index is 11.4. The molecular formula is C18H37CaNO4S. The fourth-order valence-electron chi connectivity index (χ4n) is 2.71. The zero-order valence-electron chi connectivity index (χ0n) is 16.1. The van der Waals surface area contributed by atoms with Crippen LogP contribution in [-0.4, -0.2) is 68.9 Å². The Hall–Kier alpha value is 0.640. The Morgan fingerprint density at radius 3 is 1.60 bits per heavy atom. The molecule has 2 N–H and O–H groups in total. The Morgan fingerprint density at radius 1 is 0.800 bits per heavy atom. The molecule has 0 aromatic carbocycles. The van der Waals surface area contributed by atoms with Crippen LogP contribution in [0.2, 0.25) is 0 Å². The number of carbonyl (C=O) groups excluding carboxylic acids is 1. The molecule has 0 aromatic heterocycles. The average molecular weight is 404 g/mol. The first-order chi connectivity index (χ1) is 11.5. The summed E-state index contributed by atoms with van der Waals surface area (Å²) in [5, 5.41) is 2.50. The van der Waals surface area contributed by atoms with Crippen LogP contribution in [0.1, 0.15) is 96.8 Å². The molecule has 146 valence electrons. The molecule has 0 saturated heterocycles. The van der Waals surface area contributed by atoms with Crippen LogP contribution in [0.15, 0.2) is 0 Å². The number of rotatable bonds is 17. The van der Waals surface area contributed by atoms with Crippen molar-refractivity contribution in [1.29, 1.82) is 0 Å². The number of unbranched alkanes of at least 4 members (excludes halogenated alkanes) is 12. The molecule has 2 radical (unpaired) electrons. The molecule has 1 amide bonds. The van der Waals surface area contributed by atoms with Crippen molar-refractivity contribution < 1.29 is 17.8 Å². The van der Waals surface area contributed by atoms with E-state index in [1.807, 2.05) is 0 Å². The molecule has 0 aromatic rings. The van der Waals surface area contributed by atoms with Gasteiger partial charge in [0.1, 0.15) is 0 Å². The van der Waals surface area contributed by atoms with E-state index in [1.54, 1.807) is 0 Å². The van der Waals surface area contributed by atoms with Gasteiger partial charge in [-0.3, -0.25) is 9.35 Å². The van der Waals surface area contributed by atoms with Crippen molar-refractivity contribution in [1.82, 2.24) is 5.32 Å². The van der Waals surface area contributed by atoms with Crippen molar-refractivity contribution in [2.75, 3.05) is 12.3 Å². The Kier molecular flexibility index (Phi) is 21.6. The van der Waals surface area contributed by atoms with Crippen LogP contribution in [0, 0.1) is 0 Å². The normalized spacial score (nSPS) is 11.1. The number of hydrogen-bond acceptors (Lipinski definition) is 3. The predicted molar refractivity (Wildman–Crippen MR) is 105 cm³/mol. The van der Waals surface area contributed by atoms with Crippen LogP contribution in [0.5, 0.6) is 0 Å². The molecule has 7 heteroatoms. The molecule has 0 saturated carbocycles. The van der Waals surface area contributed by atoms with Gasteiger partial charge in [0.2, 0.25) is 5.91 Å². The van der Waals surface area contributed by atoms with Crippen molar-refractivity contribution in [3.8, 4) is 0 Å². The van der Waals surface area contributed by atoms with Gasteiger partial charge in [0, 0.05) is 50.7 Å². The quantitative estimate of drug-likeness (QED) is 0.218. The van der Waals surface area contributed by atoms with Gasteiger partial charge in [0.05, 0.1) is 5.75 Å². The topological polar surface area (TPSA) is 83.5 Å². The third kappa shape index (κ3) is 24.6. The summed E-state index contributed by atoms with van der Waals surface area (Å²) in [5.41, 5.74) is 0. The Labute approximate surface area is 184 Å². The minimum absolute atomic E-state index is 0. The molecule has 5 nitrogen and oxygen atoms in total. The SMILES string of the molecule is CCCCCCCCCCCCCCCC(=O)NCCS(=O)(=O)O.[Ca]. The molecule has 0 aliphatic carbocycles. The van der Waals surface area contributed by atoms with Crippen LogP contribution in [0.4, 0.5) is 0 Å². The minimum atomic E-state index is -3.98. The van der Waals surface area contributed by atoms with E-state index in [9.17, 15) is 13.2 Å². The third-order valence-electron chi connectivity index (χ3n) is 4.19. The fourth-order valence-corrected chi connectivity index (χ4v) is 3.07. The van der Waals surface area contributed by atoms with Crippen molar-refractivity contribution in [3.05, 3.63) is 0 Å². The molecule has 0 spiro atoms. The van der Waals surface area contributed by atoms with E-state index in [2.05, 4.69) is 12.2 Å². The second-order valence-electron chi connectivity index (χ2n) is 6.63. The molecule has 0 aliphatic heterocycles. The zero-order valence-corrected chi connectivity index (χ0v) is 19.1. The van der Waals surface area contributed by atoms with Gasteiger partial charge >= 0.3 is 0 Å². The molecule has 0 rings (SSSR count). The predicted octanol–water partition coefficient (Wildman–Crippen LogP) is 4.09. The Bertz CT molecular complexity index is 402. The number of carbonyl (C=O) groups is 1. The number of amides is 1. The molecule has 0 unspecified atom stereocenters. The summed E-state index contributed by atoms with van der Waals surface area (Å²) in [5.74, 6) is -0.557. The summed E-state index contributed by atoms with van der Waals surface area (Å²) in [4.78, 5) is 11.4. The molecular weight excluding hydrogens is 366 g/mol. The fraction of sp³-hybridized carbons (Fsp3) is 0.944. The van der Waals surface area contributed by atoms with E-state index in [0.717, 1.165) is 19.3 Å². The number of hydrogen-bond donors (Lipinski definition) is 2. The maximum Gasteiger partial charge on any atom is 0.266 e. The second kappa shape index (κ2) is 19.4. The zero-order chi connectivity index (χ0) is 18.1. The van der Waals surface area contributed by atoms with Crippen molar-refractivity contribution in [2.45, 2.75) is 96.8 Å². The van der Waals surface area contributed by atoms with E-state index in [4.69, 9.17) is 4.55 Å². The molecule has 0 aliphatic rings. The molecule has 0 atom stereocenters. The molecule has 0 heterocycles. The van der Waals surface area contributed by atoms with Gasteiger partial charge in [-0.2, -0.15) is 8.42 Å². The number of nitrogens with one attached hydrogen (secondary N) is 1. The molecule has 0 bridgehead atoms. The first-order valence-corrected chi connectivity index (χ1v) is 11.3. The minimum Gasteiger partial charge on any atom is -0.355 e. The van der Waals surface area contributed by atoms with Gasteiger partial charge in [-0.05, 0) is 6.42 Å². The first-order valence-electron chi connectivity index (χ1n) is 9.67. The van der Waals surface area contributed by atoms with E-state index in [-0.39, 0.29) is 50.2 Å². The van der Waals surface area contributed by atoms with Gasteiger partial charge in [0.25, 0.3) is 10.1 Å². The van der Waals surface area contributed by atoms with E-state index >= 15 is 0 Å². The van der Waals surface area contributed by atoms with Crippen molar-refractivity contribution in [3.63, 3.8) is 0 Å². The molecule has 0 fully saturated rings. The van der Waals surface area contributed by atoms with Crippen LogP contribution >= 0.6 is 0 Å². The smallest absolute Gasteiger partial charge is 0.266 e. The third-order valence-corrected chi connectivity index (χ3v) is 4.91. The van der Waals surface area contributed by atoms with Gasteiger partial charge in [0.15, 0.2) is 0 Å².